The summed E-state index contributed by atoms with van der Waals surface area (Å²) in [5, 5.41) is 22.1. The number of aromatic nitrogens is 1. The third-order valence-electron chi connectivity index (χ3n) is 5.41. The number of thiazole rings is 1. The summed E-state index contributed by atoms with van der Waals surface area (Å²) in [6.45, 7) is 1.89. The van der Waals surface area contributed by atoms with Gasteiger partial charge in [-0.1, -0.05) is 36.4 Å². The van der Waals surface area contributed by atoms with Crippen LogP contribution >= 0.6 is 23.1 Å². The highest BCUT2D eigenvalue weighted by atomic mass is 32.2. The van der Waals surface area contributed by atoms with Crippen LogP contribution in [0.4, 0.5) is 0 Å². The predicted molar refractivity (Wildman–Crippen MR) is 139 cm³/mol. The zero-order valence-electron chi connectivity index (χ0n) is 19.2. The van der Waals surface area contributed by atoms with Crippen molar-refractivity contribution in [1.82, 2.24) is 10.3 Å². The number of nitrogens with one attached hydrogen (secondary N) is 1. The Hall–Kier alpha value is -2.94. The summed E-state index contributed by atoms with van der Waals surface area (Å²) in [6, 6.07) is 12.4. The molecule has 0 saturated heterocycles. The highest BCUT2D eigenvalue weighted by Crippen LogP contribution is 2.29. The minimum Gasteiger partial charge on any atom is -0.480 e. The van der Waals surface area contributed by atoms with Crippen LogP contribution in [0.3, 0.4) is 0 Å². The van der Waals surface area contributed by atoms with Gasteiger partial charge in [-0.2, -0.15) is 11.8 Å². The van der Waals surface area contributed by atoms with Crippen LogP contribution in [0, 0.1) is 6.92 Å². The van der Waals surface area contributed by atoms with Gasteiger partial charge in [0.15, 0.2) is 0 Å². The van der Waals surface area contributed by atoms with E-state index >= 15 is 0 Å². The van der Waals surface area contributed by atoms with E-state index in [0.29, 0.717) is 24.2 Å². The van der Waals surface area contributed by atoms with E-state index in [-0.39, 0.29) is 6.61 Å². The van der Waals surface area contributed by atoms with Gasteiger partial charge in [-0.3, -0.25) is 9.78 Å². The molecule has 2 aromatic carbocycles. The highest BCUT2D eigenvalue weighted by Gasteiger charge is 2.22. The summed E-state index contributed by atoms with van der Waals surface area (Å²) >= 11 is 3.04. The third-order valence-corrected chi connectivity index (χ3v) is 6.78. The molecule has 0 spiro atoms. The number of amides is 1. The molecule has 6 nitrogen and oxygen atoms in total. The normalized spacial score (nSPS) is 12.4. The van der Waals surface area contributed by atoms with Gasteiger partial charge < -0.3 is 15.5 Å². The van der Waals surface area contributed by atoms with Gasteiger partial charge in [0.05, 0.1) is 12.1 Å². The van der Waals surface area contributed by atoms with Crippen LogP contribution in [0.1, 0.15) is 32.8 Å². The summed E-state index contributed by atoms with van der Waals surface area (Å²) in [4.78, 5) is 29.9. The molecule has 1 aromatic heterocycles. The molecule has 0 fully saturated rings. The summed E-state index contributed by atoms with van der Waals surface area (Å²) < 4.78 is 0. The predicted octanol–water partition coefficient (Wildman–Crippen LogP) is 4.67. The molecular weight excluding hydrogens is 468 g/mol. The number of carboxylic acid groups (broad SMARTS) is 1. The Labute approximate surface area is 207 Å². The Kier molecular flexibility index (Phi) is 9.44. The maximum Gasteiger partial charge on any atom is 0.326 e. The average Bonchev–Trinajstić information content (AvgIpc) is 3.34. The number of benzene rings is 2. The van der Waals surface area contributed by atoms with E-state index in [1.165, 1.54) is 23.1 Å². The molecule has 0 aliphatic carbocycles. The lowest BCUT2D eigenvalue weighted by atomic mass is 9.92. The number of hydrogen-bond acceptors (Lipinski definition) is 6. The van der Waals surface area contributed by atoms with Crippen molar-refractivity contribution in [3.8, 4) is 11.1 Å². The van der Waals surface area contributed by atoms with Crippen LogP contribution in [-0.4, -0.2) is 51.7 Å². The smallest absolute Gasteiger partial charge is 0.326 e. The van der Waals surface area contributed by atoms with E-state index < -0.39 is 17.9 Å². The second-order valence-corrected chi connectivity index (χ2v) is 9.79. The Bertz CT molecular complexity index is 1160. The molecule has 0 aliphatic heterocycles. The number of carbonyl (C=O) groups excluding carboxylic acids is 1. The first-order valence-electron chi connectivity index (χ1n) is 10.8. The van der Waals surface area contributed by atoms with Crippen LogP contribution in [0.15, 0.2) is 59.7 Å². The first-order chi connectivity index (χ1) is 16.4. The number of carbonyl (C=O) groups is 2. The van der Waals surface area contributed by atoms with Crippen LogP contribution < -0.4 is 5.32 Å². The van der Waals surface area contributed by atoms with Crippen molar-refractivity contribution >= 4 is 41.1 Å². The zero-order valence-corrected chi connectivity index (χ0v) is 20.8. The molecule has 0 aliphatic rings. The van der Waals surface area contributed by atoms with E-state index in [1.54, 1.807) is 17.8 Å². The van der Waals surface area contributed by atoms with Crippen molar-refractivity contribution in [1.29, 1.82) is 0 Å². The molecule has 34 heavy (non-hydrogen) atoms. The molecule has 1 amide bonds. The molecule has 8 heteroatoms. The van der Waals surface area contributed by atoms with Gasteiger partial charge >= 0.3 is 5.97 Å². The molecule has 0 radical (unpaired) electrons. The maximum absolute atomic E-state index is 13.2. The first kappa shape index (κ1) is 25.7. The topological polar surface area (TPSA) is 99.5 Å². The van der Waals surface area contributed by atoms with E-state index in [2.05, 4.69) is 10.3 Å². The number of nitrogens with zero attached hydrogens (tertiary/aromatic N) is 1. The van der Waals surface area contributed by atoms with Crippen molar-refractivity contribution in [2.75, 3.05) is 18.6 Å². The number of thioether (sulfide) groups is 1. The fraction of sp³-hybridized carbons (Fsp3) is 0.269. The van der Waals surface area contributed by atoms with E-state index in [9.17, 15) is 19.8 Å². The summed E-state index contributed by atoms with van der Waals surface area (Å²) in [5.74, 6) is -0.824. The molecule has 0 bridgehead atoms. The molecule has 3 N–H and O–H groups in total. The number of aliphatic carboxylic acids is 1. The quantitative estimate of drug-likeness (QED) is 0.357. The molecule has 178 valence electrons. The van der Waals surface area contributed by atoms with E-state index in [1.807, 2.05) is 55.7 Å². The minimum absolute atomic E-state index is 0.0877. The molecule has 3 rings (SSSR count). The first-order valence-corrected chi connectivity index (χ1v) is 13.1. The molecule has 0 saturated carbocycles. The average molecular weight is 497 g/mol. The van der Waals surface area contributed by atoms with Gasteiger partial charge in [0, 0.05) is 16.6 Å². The number of hydrogen-bond donors (Lipinski definition) is 3. The fourth-order valence-electron chi connectivity index (χ4n) is 3.64. The van der Waals surface area contributed by atoms with Crippen LogP contribution in [0.25, 0.3) is 17.2 Å². The van der Waals surface area contributed by atoms with Crippen molar-refractivity contribution in [3.63, 3.8) is 0 Å². The van der Waals surface area contributed by atoms with Crippen LogP contribution in [0.2, 0.25) is 0 Å². The van der Waals surface area contributed by atoms with E-state index in [0.717, 1.165) is 32.7 Å². The standard InChI is InChI=1S/C26H28N2O4S2/c1-17-5-3-4-6-21(17)23-13-18(11-19(15-29)12-20-14-27-16-34-20)7-8-22(23)25(30)28-24(26(31)32)9-10-33-2/h3-8,12-14,16,24,29H,9-11,15H2,1-2H3,(H,28,30)(H,31,32)/b19-12-/t24-/m0/s1. The maximum atomic E-state index is 13.2. The van der Waals surface area contributed by atoms with E-state index in [4.69, 9.17) is 0 Å². The van der Waals surface area contributed by atoms with Crippen molar-refractivity contribution < 1.29 is 19.8 Å². The van der Waals surface area contributed by atoms with Gasteiger partial charge in [0.1, 0.15) is 6.04 Å². The SMILES string of the molecule is CSCC[C@H](NC(=O)c1ccc(C/C(=C/c2cncs2)CO)cc1-c1ccccc1C)C(=O)O. The number of carboxylic acids is 1. The minimum atomic E-state index is -1.04. The lowest BCUT2D eigenvalue weighted by molar-refractivity contribution is -0.139. The Morgan fingerprint density at radius 1 is 1.21 bits per heavy atom. The highest BCUT2D eigenvalue weighted by molar-refractivity contribution is 7.98. The Morgan fingerprint density at radius 3 is 2.65 bits per heavy atom. The Morgan fingerprint density at radius 2 is 2.00 bits per heavy atom. The van der Waals surface area contributed by atoms with Crippen molar-refractivity contribution in [2.45, 2.75) is 25.8 Å². The molecule has 1 heterocycles. The van der Waals surface area contributed by atoms with Gasteiger partial charge in [0.25, 0.3) is 5.91 Å². The Balaban J connectivity index is 1.97. The molecule has 3 aromatic rings. The number of aliphatic hydroxyl groups is 1. The summed E-state index contributed by atoms with van der Waals surface area (Å²) in [7, 11) is 0. The summed E-state index contributed by atoms with van der Waals surface area (Å²) in [5.41, 5.74) is 6.59. The monoisotopic (exact) mass is 496 g/mol. The molecule has 0 unspecified atom stereocenters. The number of rotatable bonds is 11. The van der Waals surface area contributed by atoms with Gasteiger partial charge in [-0.15, -0.1) is 11.3 Å². The molecule has 1 atom stereocenters. The van der Waals surface area contributed by atoms with Crippen LogP contribution in [-0.2, 0) is 11.2 Å². The second-order valence-electron chi connectivity index (χ2n) is 7.88. The fourth-order valence-corrected chi connectivity index (χ4v) is 4.71. The van der Waals surface area contributed by atoms with Gasteiger partial charge in [-0.05, 0) is 71.7 Å². The van der Waals surface area contributed by atoms with Crippen molar-refractivity contribution in [2.24, 2.45) is 0 Å². The van der Waals surface area contributed by atoms with Crippen LogP contribution in [0.5, 0.6) is 0 Å². The summed E-state index contributed by atoms with van der Waals surface area (Å²) in [6.07, 6.45) is 6.44. The van der Waals surface area contributed by atoms with Gasteiger partial charge in [-0.25, -0.2) is 4.79 Å². The number of aryl methyl sites for hydroxylation is 1. The lowest BCUT2D eigenvalue weighted by Crippen LogP contribution is -2.41. The third kappa shape index (κ3) is 6.79. The van der Waals surface area contributed by atoms with Crippen molar-refractivity contribution in [3.05, 3.63) is 81.3 Å². The number of aliphatic hydroxyl groups excluding tert-OH is 1. The largest absolute Gasteiger partial charge is 0.480 e. The zero-order chi connectivity index (χ0) is 24.5. The molecular formula is C26H28N2O4S2. The lowest BCUT2D eigenvalue weighted by Gasteiger charge is -2.18. The second kappa shape index (κ2) is 12.5. The van der Waals surface area contributed by atoms with Gasteiger partial charge in [0.2, 0.25) is 0 Å².